The van der Waals surface area contributed by atoms with Gasteiger partial charge in [0.25, 0.3) is 0 Å². The lowest BCUT2D eigenvalue weighted by Gasteiger charge is -2.27. The SMILES string of the molecule is CNCc1cccnc1N1CCC(C(C)(C)C)C1. The Morgan fingerprint density at radius 3 is 2.83 bits per heavy atom. The smallest absolute Gasteiger partial charge is 0.133 e. The summed E-state index contributed by atoms with van der Waals surface area (Å²) in [6, 6.07) is 4.19. The summed E-state index contributed by atoms with van der Waals surface area (Å²) < 4.78 is 0. The zero-order valence-corrected chi connectivity index (χ0v) is 12.0. The highest BCUT2D eigenvalue weighted by molar-refractivity contribution is 5.47. The van der Waals surface area contributed by atoms with Gasteiger partial charge in [-0.3, -0.25) is 0 Å². The lowest BCUT2D eigenvalue weighted by Crippen LogP contribution is -2.27. The summed E-state index contributed by atoms with van der Waals surface area (Å²) >= 11 is 0. The molecule has 0 aliphatic carbocycles. The van der Waals surface area contributed by atoms with Gasteiger partial charge in [-0.25, -0.2) is 4.98 Å². The van der Waals surface area contributed by atoms with Crippen molar-refractivity contribution in [3.63, 3.8) is 0 Å². The Balaban J connectivity index is 2.14. The molecule has 1 N–H and O–H groups in total. The molecule has 3 nitrogen and oxygen atoms in total. The molecule has 2 rings (SSSR count). The molecular weight excluding hydrogens is 222 g/mol. The van der Waals surface area contributed by atoms with Crippen LogP contribution in [-0.2, 0) is 6.54 Å². The molecule has 0 aromatic carbocycles. The first-order chi connectivity index (χ1) is 8.52. The van der Waals surface area contributed by atoms with E-state index in [-0.39, 0.29) is 0 Å². The van der Waals surface area contributed by atoms with Crippen molar-refractivity contribution < 1.29 is 0 Å². The number of nitrogens with zero attached hydrogens (tertiary/aromatic N) is 2. The molecule has 0 spiro atoms. The van der Waals surface area contributed by atoms with Crippen LogP contribution in [0.15, 0.2) is 18.3 Å². The Morgan fingerprint density at radius 1 is 1.44 bits per heavy atom. The summed E-state index contributed by atoms with van der Waals surface area (Å²) in [5.41, 5.74) is 1.70. The van der Waals surface area contributed by atoms with Gasteiger partial charge in [-0.2, -0.15) is 0 Å². The zero-order chi connectivity index (χ0) is 13.2. The van der Waals surface area contributed by atoms with Crippen LogP contribution >= 0.6 is 0 Å². The lowest BCUT2D eigenvalue weighted by molar-refractivity contribution is 0.263. The molecule has 1 atom stereocenters. The molecule has 1 aliphatic rings. The van der Waals surface area contributed by atoms with Crippen molar-refractivity contribution in [3.8, 4) is 0 Å². The topological polar surface area (TPSA) is 28.2 Å². The molecule has 0 amide bonds. The van der Waals surface area contributed by atoms with E-state index < -0.39 is 0 Å². The molecule has 1 saturated heterocycles. The standard InChI is InChI=1S/C15H25N3/c1-15(2,3)13-7-9-18(11-13)14-12(10-16-4)6-5-8-17-14/h5-6,8,13,16H,7,9-11H2,1-4H3. The van der Waals surface area contributed by atoms with E-state index in [2.05, 4.69) is 42.0 Å². The minimum atomic E-state index is 0.396. The molecule has 1 unspecified atom stereocenters. The summed E-state index contributed by atoms with van der Waals surface area (Å²) in [5, 5.41) is 3.22. The van der Waals surface area contributed by atoms with E-state index in [0.29, 0.717) is 5.41 Å². The average molecular weight is 247 g/mol. The quantitative estimate of drug-likeness (QED) is 0.890. The number of hydrogen-bond donors (Lipinski definition) is 1. The van der Waals surface area contributed by atoms with E-state index in [1.54, 1.807) is 0 Å². The molecule has 1 fully saturated rings. The fraction of sp³-hybridized carbons (Fsp3) is 0.667. The molecule has 1 aliphatic heterocycles. The minimum Gasteiger partial charge on any atom is -0.356 e. The van der Waals surface area contributed by atoms with Crippen molar-refractivity contribution in [2.24, 2.45) is 11.3 Å². The molecular formula is C15H25N3. The van der Waals surface area contributed by atoms with Gasteiger partial charge in [0.15, 0.2) is 0 Å². The van der Waals surface area contributed by atoms with E-state index in [4.69, 9.17) is 0 Å². The van der Waals surface area contributed by atoms with Crippen LogP contribution in [0.1, 0.15) is 32.8 Å². The van der Waals surface area contributed by atoms with Gasteiger partial charge in [-0.15, -0.1) is 0 Å². The maximum atomic E-state index is 4.58. The highest BCUT2D eigenvalue weighted by Gasteiger charge is 2.32. The van der Waals surface area contributed by atoms with Crippen molar-refractivity contribution >= 4 is 5.82 Å². The lowest BCUT2D eigenvalue weighted by atomic mass is 9.80. The van der Waals surface area contributed by atoms with Gasteiger partial charge in [-0.05, 0) is 30.9 Å². The van der Waals surface area contributed by atoms with Gasteiger partial charge in [0.1, 0.15) is 5.82 Å². The number of rotatable bonds is 3. The van der Waals surface area contributed by atoms with Crippen LogP contribution < -0.4 is 10.2 Å². The minimum absolute atomic E-state index is 0.396. The van der Waals surface area contributed by atoms with Crippen molar-refractivity contribution in [3.05, 3.63) is 23.9 Å². The monoisotopic (exact) mass is 247 g/mol. The summed E-state index contributed by atoms with van der Waals surface area (Å²) in [6.45, 7) is 10.2. The van der Waals surface area contributed by atoms with Crippen LogP contribution in [0.5, 0.6) is 0 Å². The van der Waals surface area contributed by atoms with Crippen LogP contribution in [0.2, 0.25) is 0 Å². The molecule has 100 valence electrons. The second-order valence-electron chi connectivity index (χ2n) is 6.31. The van der Waals surface area contributed by atoms with E-state index in [1.165, 1.54) is 17.8 Å². The molecule has 18 heavy (non-hydrogen) atoms. The number of pyridine rings is 1. The molecule has 1 aromatic rings. The van der Waals surface area contributed by atoms with E-state index in [1.807, 2.05) is 19.3 Å². The van der Waals surface area contributed by atoms with Gasteiger partial charge in [-0.1, -0.05) is 26.8 Å². The Morgan fingerprint density at radius 2 is 2.22 bits per heavy atom. The summed E-state index contributed by atoms with van der Waals surface area (Å²) in [5.74, 6) is 1.93. The third-order valence-electron chi connectivity index (χ3n) is 3.95. The van der Waals surface area contributed by atoms with Gasteiger partial charge in [0.2, 0.25) is 0 Å². The number of nitrogens with one attached hydrogen (secondary N) is 1. The highest BCUT2D eigenvalue weighted by Crippen LogP contribution is 2.35. The number of anilines is 1. The first-order valence-electron chi connectivity index (χ1n) is 6.86. The fourth-order valence-electron chi connectivity index (χ4n) is 2.70. The molecule has 0 saturated carbocycles. The second kappa shape index (κ2) is 5.27. The fourth-order valence-corrected chi connectivity index (χ4v) is 2.70. The molecule has 0 bridgehead atoms. The zero-order valence-electron chi connectivity index (χ0n) is 12.0. The first kappa shape index (κ1) is 13.3. The van der Waals surface area contributed by atoms with Crippen molar-refractivity contribution in [1.29, 1.82) is 0 Å². The number of aromatic nitrogens is 1. The largest absolute Gasteiger partial charge is 0.356 e. The van der Waals surface area contributed by atoms with E-state index >= 15 is 0 Å². The average Bonchev–Trinajstić information content (AvgIpc) is 2.79. The Kier molecular flexibility index (Phi) is 3.91. The summed E-state index contributed by atoms with van der Waals surface area (Å²) in [4.78, 5) is 7.03. The maximum absolute atomic E-state index is 4.58. The van der Waals surface area contributed by atoms with Gasteiger partial charge in [0, 0.05) is 31.4 Å². The Bertz CT molecular complexity index is 395. The Labute approximate surface area is 111 Å². The predicted octanol–water partition coefficient (Wildman–Crippen LogP) is 2.67. The third-order valence-corrected chi connectivity index (χ3v) is 3.95. The first-order valence-corrected chi connectivity index (χ1v) is 6.86. The molecule has 2 heterocycles. The second-order valence-corrected chi connectivity index (χ2v) is 6.31. The van der Waals surface area contributed by atoms with Crippen molar-refractivity contribution in [2.75, 3.05) is 25.0 Å². The van der Waals surface area contributed by atoms with Crippen LogP contribution in [0.25, 0.3) is 0 Å². The van der Waals surface area contributed by atoms with E-state index in [9.17, 15) is 0 Å². The number of hydrogen-bond acceptors (Lipinski definition) is 3. The normalized spacial score (nSPS) is 20.4. The van der Waals surface area contributed by atoms with Gasteiger partial charge < -0.3 is 10.2 Å². The molecule has 0 radical (unpaired) electrons. The highest BCUT2D eigenvalue weighted by atomic mass is 15.2. The summed E-state index contributed by atoms with van der Waals surface area (Å²) in [7, 11) is 1.98. The maximum Gasteiger partial charge on any atom is 0.133 e. The van der Waals surface area contributed by atoms with Crippen LogP contribution in [0.4, 0.5) is 5.82 Å². The molecule has 1 aromatic heterocycles. The van der Waals surface area contributed by atoms with Crippen LogP contribution in [-0.4, -0.2) is 25.1 Å². The van der Waals surface area contributed by atoms with E-state index in [0.717, 1.165) is 25.6 Å². The van der Waals surface area contributed by atoms with Gasteiger partial charge in [0.05, 0.1) is 0 Å². The van der Waals surface area contributed by atoms with Gasteiger partial charge >= 0.3 is 0 Å². The van der Waals surface area contributed by atoms with Crippen LogP contribution in [0, 0.1) is 11.3 Å². The summed E-state index contributed by atoms with van der Waals surface area (Å²) in [6.07, 6.45) is 3.18. The predicted molar refractivity (Wildman–Crippen MR) is 76.8 cm³/mol. The van der Waals surface area contributed by atoms with Crippen molar-refractivity contribution in [2.45, 2.75) is 33.7 Å². The van der Waals surface area contributed by atoms with Crippen molar-refractivity contribution in [1.82, 2.24) is 10.3 Å². The third kappa shape index (κ3) is 2.83. The van der Waals surface area contributed by atoms with Crippen LogP contribution in [0.3, 0.4) is 0 Å². The Hall–Kier alpha value is -1.09. The molecule has 3 heteroatoms.